The summed E-state index contributed by atoms with van der Waals surface area (Å²) < 4.78 is 9.93. The van der Waals surface area contributed by atoms with Gasteiger partial charge in [-0.2, -0.15) is 0 Å². The van der Waals surface area contributed by atoms with Crippen molar-refractivity contribution in [3.8, 4) is 0 Å². The molecule has 0 aromatic carbocycles. The first-order valence-corrected chi connectivity index (χ1v) is 6.11. The average molecular weight is 261 g/mol. The van der Waals surface area contributed by atoms with E-state index in [1.54, 1.807) is 14.0 Å². The molecule has 0 aliphatic heterocycles. The Morgan fingerprint density at radius 1 is 1.28 bits per heavy atom. The van der Waals surface area contributed by atoms with Gasteiger partial charge in [-0.15, -0.1) is 0 Å². The summed E-state index contributed by atoms with van der Waals surface area (Å²) >= 11 is 0. The van der Waals surface area contributed by atoms with Crippen molar-refractivity contribution in [2.45, 2.75) is 32.7 Å². The van der Waals surface area contributed by atoms with Crippen LogP contribution in [0.5, 0.6) is 0 Å². The minimum absolute atomic E-state index is 0.0964. The molecular formula is C12H23NO5. The Morgan fingerprint density at radius 2 is 1.94 bits per heavy atom. The topological polar surface area (TPSA) is 84.9 Å². The average Bonchev–Trinajstić information content (AvgIpc) is 2.34. The second-order valence-corrected chi connectivity index (χ2v) is 4.12. The van der Waals surface area contributed by atoms with E-state index < -0.39 is 12.0 Å². The van der Waals surface area contributed by atoms with Gasteiger partial charge in [-0.25, -0.2) is 4.79 Å². The second-order valence-electron chi connectivity index (χ2n) is 4.12. The van der Waals surface area contributed by atoms with E-state index in [4.69, 9.17) is 14.6 Å². The molecule has 0 rings (SSSR count). The number of hydrogen-bond donors (Lipinski definition) is 2. The molecule has 0 unspecified atom stereocenters. The number of carbonyl (C=O) groups excluding carboxylic acids is 1. The highest BCUT2D eigenvalue weighted by atomic mass is 16.5. The summed E-state index contributed by atoms with van der Waals surface area (Å²) in [6.45, 7) is 4.86. The van der Waals surface area contributed by atoms with Crippen molar-refractivity contribution < 1.29 is 24.2 Å². The van der Waals surface area contributed by atoms with E-state index in [1.807, 2.05) is 6.92 Å². The molecule has 0 aromatic rings. The fourth-order valence-electron chi connectivity index (χ4n) is 1.34. The first-order chi connectivity index (χ1) is 8.52. The largest absolute Gasteiger partial charge is 0.480 e. The van der Waals surface area contributed by atoms with Gasteiger partial charge < -0.3 is 19.9 Å². The van der Waals surface area contributed by atoms with Crippen LogP contribution in [0.3, 0.4) is 0 Å². The van der Waals surface area contributed by atoms with Crippen LogP contribution in [0.15, 0.2) is 0 Å². The van der Waals surface area contributed by atoms with Crippen molar-refractivity contribution in [1.29, 1.82) is 0 Å². The van der Waals surface area contributed by atoms with Crippen LogP contribution >= 0.6 is 0 Å². The molecule has 0 aliphatic carbocycles. The van der Waals surface area contributed by atoms with Gasteiger partial charge in [0.1, 0.15) is 6.04 Å². The summed E-state index contributed by atoms with van der Waals surface area (Å²) in [7, 11) is 1.57. The van der Waals surface area contributed by atoms with Crippen molar-refractivity contribution in [1.82, 2.24) is 5.32 Å². The first kappa shape index (κ1) is 16.9. The summed E-state index contributed by atoms with van der Waals surface area (Å²) in [5.74, 6) is -1.40. The van der Waals surface area contributed by atoms with Crippen molar-refractivity contribution in [3.63, 3.8) is 0 Å². The molecule has 0 aromatic heterocycles. The molecule has 0 bridgehead atoms. The van der Waals surface area contributed by atoms with Crippen LogP contribution in [0.4, 0.5) is 0 Å². The van der Waals surface area contributed by atoms with E-state index in [1.165, 1.54) is 0 Å². The minimum atomic E-state index is -1.00. The Labute approximate surface area is 108 Å². The smallest absolute Gasteiger partial charge is 0.326 e. The maximum absolute atomic E-state index is 11.5. The molecule has 2 atom stereocenters. The zero-order valence-corrected chi connectivity index (χ0v) is 11.3. The third-order valence-corrected chi connectivity index (χ3v) is 2.70. The summed E-state index contributed by atoms with van der Waals surface area (Å²) in [6, 6.07) is -0.832. The van der Waals surface area contributed by atoms with Crippen molar-refractivity contribution in [3.05, 3.63) is 0 Å². The number of carboxylic acid groups (broad SMARTS) is 1. The number of amides is 1. The zero-order valence-electron chi connectivity index (χ0n) is 11.3. The van der Waals surface area contributed by atoms with E-state index in [2.05, 4.69) is 5.32 Å². The molecule has 0 radical (unpaired) electrons. The molecule has 6 heteroatoms. The molecule has 0 aliphatic rings. The van der Waals surface area contributed by atoms with Gasteiger partial charge in [-0.3, -0.25) is 4.79 Å². The molecule has 0 saturated heterocycles. The summed E-state index contributed by atoms with van der Waals surface area (Å²) in [5.41, 5.74) is 0. The number of carboxylic acids is 1. The number of ether oxygens (including phenoxy) is 2. The zero-order chi connectivity index (χ0) is 14.0. The lowest BCUT2D eigenvalue weighted by atomic mass is 9.99. The van der Waals surface area contributed by atoms with Crippen molar-refractivity contribution in [2.75, 3.05) is 26.9 Å². The third-order valence-electron chi connectivity index (χ3n) is 2.70. The van der Waals surface area contributed by atoms with Crippen LogP contribution in [0.2, 0.25) is 0 Å². The van der Waals surface area contributed by atoms with Gasteiger partial charge in [0.25, 0.3) is 0 Å². The van der Waals surface area contributed by atoms with Crippen LogP contribution in [0.25, 0.3) is 0 Å². The minimum Gasteiger partial charge on any atom is -0.480 e. The van der Waals surface area contributed by atoms with Crippen LogP contribution < -0.4 is 5.32 Å². The van der Waals surface area contributed by atoms with Crippen molar-refractivity contribution >= 4 is 11.9 Å². The van der Waals surface area contributed by atoms with Crippen LogP contribution in [-0.2, 0) is 19.1 Å². The highest BCUT2D eigenvalue weighted by Crippen LogP contribution is 2.08. The molecule has 106 valence electrons. The number of methoxy groups -OCH3 is 1. The molecule has 6 nitrogen and oxygen atoms in total. The molecule has 1 amide bonds. The first-order valence-electron chi connectivity index (χ1n) is 6.11. The van der Waals surface area contributed by atoms with Gasteiger partial charge in [0.05, 0.1) is 19.8 Å². The summed E-state index contributed by atoms with van der Waals surface area (Å²) in [4.78, 5) is 22.5. The molecule has 0 saturated carbocycles. The predicted molar refractivity (Wildman–Crippen MR) is 66.3 cm³/mol. The number of aliphatic carboxylic acids is 1. The van der Waals surface area contributed by atoms with Crippen LogP contribution in [-0.4, -0.2) is 50.0 Å². The lowest BCUT2D eigenvalue weighted by molar-refractivity contribution is -0.143. The van der Waals surface area contributed by atoms with Gasteiger partial charge in [-0.05, 0) is 5.92 Å². The van der Waals surface area contributed by atoms with E-state index in [0.717, 1.165) is 0 Å². The van der Waals surface area contributed by atoms with Gasteiger partial charge >= 0.3 is 5.97 Å². The van der Waals surface area contributed by atoms with Gasteiger partial charge in [0.2, 0.25) is 5.91 Å². The monoisotopic (exact) mass is 261 g/mol. The Bertz CT molecular complexity index is 257. The molecule has 0 spiro atoms. The maximum Gasteiger partial charge on any atom is 0.326 e. The van der Waals surface area contributed by atoms with E-state index in [0.29, 0.717) is 19.6 Å². The standard InChI is InChI=1S/C12H23NO5/c1-4-9(2)11(12(15)16)13-10(14)5-6-18-8-7-17-3/h9,11H,4-8H2,1-3H3,(H,13,14)(H,15,16)/t9-,11-/m0/s1. The van der Waals surface area contributed by atoms with Gasteiger partial charge in [0, 0.05) is 13.5 Å². The molecular weight excluding hydrogens is 238 g/mol. The fourth-order valence-corrected chi connectivity index (χ4v) is 1.34. The number of carbonyl (C=O) groups is 2. The highest BCUT2D eigenvalue weighted by Gasteiger charge is 2.24. The lowest BCUT2D eigenvalue weighted by Crippen LogP contribution is -2.45. The molecule has 0 fully saturated rings. The van der Waals surface area contributed by atoms with Crippen LogP contribution in [0.1, 0.15) is 26.7 Å². The molecule has 0 heterocycles. The molecule has 2 N–H and O–H groups in total. The van der Waals surface area contributed by atoms with E-state index in [9.17, 15) is 9.59 Å². The van der Waals surface area contributed by atoms with Crippen LogP contribution in [0, 0.1) is 5.92 Å². The fraction of sp³-hybridized carbons (Fsp3) is 0.833. The summed E-state index contributed by atoms with van der Waals surface area (Å²) in [6.07, 6.45) is 0.853. The Hall–Kier alpha value is -1.14. The van der Waals surface area contributed by atoms with Crippen molar-refractivity contribution in [2.24, 2.45) is 5.92 Å². The predicted octanol–water partition coefficient (Wildman–Crippen LogP) is 0.655. The highest BCUT2D eigenvalue weighted by molar-refractivity contribution is 5.83. The number of hydrogen-bond acceptors (Lipinski definition) is 4. The Morgan fingerprint density at radius 3 is 2.44 bits per heavy atom. The van der Waals surface area contributed by atoms with Gasteiger partial charge in [-0.1, -0.05) is 20.3 Å². The Balaban J connectivity index is 3.92. The quantitative estimate of drug-likeness (QED) is 0.564. The summed E-state index contributed by atoms with van der Waals surface area (Å²) in [5, 5.41) is 11.5. The number of nitrogens with one attached hydrogen (secondary N) is 1. The Kier molecular flexibility index (Phi) is 9.22. The second kappa shape index (κ2) is 9.85. The van der Waals surface area contributed by atoms with E-state index >= 15 is 0 Å². The normalized spacial score (nSPS) is 13.9. The number of rotatable bonds is 10. The SMILES string of the molecule is CC[C@H](C)[C@H](NC(=O)CCOCCOC)C(=O)O. The van der Waals surface area contributed by atoms with Gasteiger partial charge in [0.15, 0.2) is 0 Å². The third kappa shape index (κ3) is 7.24. The maximum atomic E-state index is 11.5. The lowest BCUT2D eigenvalue weighted by Gasteiger charge is -2.20. The molecule has 18 heavy (non-hydrogen) atoms. The van der Waals surface area contributed by atoms with E-state index in [-0.39, 0.29) is 24.9 Å².